The van der Waals surface area contributed by atoms with Crippen LogP contribution in [0.3, 0.4) is 0 Å². The number of thioether (sulfide) groups is 1. The van der Waals surface area contributed by atoms with Gasteiger partial charge in [-0.25, -0.2) is 4.98 Å². The smallest absolute Gasteiger partial charge is 0.262 e. The third-order valence-electron chi connectivity index (χ3n) is 3.17. The van der Waals surface area contributed by atoms with Gasteiger partial charge in [-0.2, -0.15) is 0 Å². The summed E-state index contributed by atoms with van der Waals surface area (Å²) in [6.45, 7) is 4.40. The van der Waals surface area contributed by atoms with Crippen molar-refractivity contribution in [2.45, 2.75) is 31.3 Å². The predicted octanol–water partition coefficient (Wildman–Crippen LogP) is 3.01. The van der Waals surface area contributed by atoms with E-state index in [1.54, 1.807) is 4.57 Å². The summed E-state index contributed by atoms with van der Waals surface area (Å²) in [4.78, 5) is 17.1. The lowest BCUT2D eigenvalue weighted by Crippen LogP contribution is -2.22. The zero-order chi connectivity index (χ0) is 14.8. The maximum atomic E-state index is 12.5. The molecule has 0 amide bonds. The third-order valence-corrected chi connectivity index (χ3v) is 4.18. The standard InChI is InChI=1S/C15H15N3O2S/c1-3-18-14(19)12-6-4-5-7-13(12)16-15(18)21-9-11-8-10(2)20-17-11/h4-8H,3,9H2,1-2H3. The van der Waals surface area contributed by atoms with Gasteiger partial charge in [-0.3, -0.25) is 9.36 Å². The van der Waals surface area contributed by atoms with E-state index in [-0.39, 0.29) is 5.56 Å². The van der Waals surface area contributed by atoms with Crippen LogP contribution in [0.2, 0.25) is 0 Å². The van der Waals surface area contributed by atoms with E-state index in [4.69, 9.17) is 4.52 Å². The maximum Gasteiger partial charge on any atom is 0.262 e. The lowest BCUT2D eigenvalue weighted by atomic mass is 10.2. The first-order valence-electron chi connectivity index (χ1n) is 6.73. The lowest BCUT2D eigenvalue weighted by molar-refractivity contribution is 0.393. The zero-order valence-electron chi connectivity index (χ0n) is 11.9. The molecular weight excluding hydrogens is 286 g/mol. The van der Waals surface area contributed by atoms with E-state index >= 15 is 0 Å². The second-order valence-corrected chi connectivity index (χ2v) is 5.62. The SMILES string of the molecule is CCn1c(SCc2cc(C)on2)nc2ccccc2c1=O. The Bertz CT molecular complexity index is 838. The predicted molar refractivity (Wildman–Crippen MR) is 82.5 cm³/mol. The van der Waals surface area contributed by atoms with E-state index in [2.05, 4.69) is 10.1 Å². The molecule has 3 rings (SSSR count). The quantitative estimate of drug-likeness (QED) is 0.547. The molecule has 2 aromatic heterocycles. The molecule has 0 atom stereocenters. The lowest BCUT2D eigenvalue weighted by Gasteiger charge is -2.10. The summed E-state index contributed by atoms with van der Waals surface area (Å²) in [5.74, 6) is 1.41. The van der Waals surface area contributed by atoms with Gasteiger partial charge >= 0.3 is 0 Å². The van der Waals surface area contributed by atoms with Gasteiger partial charge in [-0.05, 0) is 26.0 Å². The van der Waals surface area contributed by atoms with Gasteiger partial charge in [0, 0.05) is 18.4 Å². The fourth-order valence-corrected chi connectivity index (χ4v) is 3.10. The normalized spacial score (nSPS) is 11.1. The monoisotopic (exact) mass is 301 g/mol. The molecule has 0 aliphatic rings. The molecule has 6 heteroatoms. The first-order valence-corrected chi connectivity index (χ1v) is 7.72. The first kappa shape index (κ1) is 13.9. The van der Waals surface area contributed by atoms with Crippen molar-refractivity contribution in [2.24, 2.45) is 0 Å². The number of fused-ring (bicyclic) bond motifs is 1. The second-order valence-electron chi connectivity index (χ2n) is 4.68. The van der Waals surface area contributed by atoms with E-state index in [1.165, 1.54) is 11.8 Å². The molecular formula is C15H15N3O2S. The number of hydrogen-bond donors (Lipinski definition) is 0. The van der Waals surface area contributed by atoms with E-state index in [9.17, 15) is 4.79 Å². The van der Waals surface area contributed by atoms with Gasteiger partial charge in [-0.1, -0.05) is 29.1 Å². The topological polar surface area (TPSA) is 60.9 Å². The minimum absolute atomic E-state index is 0.00179. The highest BCUT2D eigenvalue weighted by Crippen LogP contribution is 2.21. The molecule has 3 aromatic rings. The summed E-state index contributed by atoms with van der Waals surface area (Å²) in [5.41, 5.74) is 1.58. The van der Waals surface area contributed by atoms with Crippen molar-refractivity contribution in [3.8, 4) is 0 Å². The minimum Gasteiger partial charge on any atom is -0.361 e. The Balaban J connectivity index is 1.99. The highest BCUT2D eigenvalue weighted by Gasteiger charge is 2.11. The van der Waals surface area contributed by atoms with Crippen LogP contribution in [0.5, 0.6) is 0 Å². The molecule has 21 heavy (non-hydrogen) atoms. The van der Waals surface area contributed by atoms with Gasteiger partial charge in [0.05, 0.1) is 16.6 Å². The van der Waals surface area contributed by atoms with E-state index in [0.717, 1.165) is 17.0 Å². The third kappa shape index (κ3) is 2.71. The molecule has 0 saturated heterocycles. The van der Waals surface area contributed by atoms with Crippen molar-refractivity contribution in [3.05, 3.63) is 52.1 Å². The number of rotatable bonds is 4. The average Bonchev–Trinajstić information content (AvgIpc) is 2.91. The van der Waals surface area contributed by atoms with Gasteiger partial charge in [0.15, 0.2) is 5.16 Å². The number of nitrogens with zero attached hydrogens (tertiary/aromatic N) is 3. The zero-order valence-corrected chi connectivity index (χ0v) is 12.7. The Morgan fingerprint density at radius 1 is 1.33 bits per heavy atom. The van der Waals surface area contributed by atoms with Crippen molar-refractivity contribution < 1.29 is 4.52 Å². The maximum absolute atomic E-state index is 12.5. The molecule has 0 radical (unpaired) electrons. The van der Waals surface area contributed by atoms with Crippen LogP contribution in [0.25, 0.3) is 10.9 Å². The summed E-state index contributed by atoms with van der Waals surface area (Å²) < 4.78 is 6.75. The Morgan fingerprint density at radius 3 is 2.86 bits per heavy atom. The van der Waals surface area contributed by atoms with E-state index < -0.39 is 0 Å². The number of benzene rings is 1. The molecule has 0 saturated carbocycles. The number of aromatic nitrogens is 3. The summed E-state index contributed by atoms with van der Waals surface area (Å²) >= 11 is 1.50. The largest absolute Gasteiger partial charge is 0.361 e. The Kier molecular flexibility index (Phi) is 3.79. The van der Waals surface area contributed by atoms with Crippen LogP contribution in [-0.4, -0.2) is 14.7 Å². The van der Waals surface area contributed by atoms with Crippen LogP contribution in [0.1, 0.15) is 18.4 Å². The highest BCUT2D eigenvalue weighted by atomic mass is 32.2. The summed E-state index contributed by atoms with van der Waals surface area (Å²) in [5, 5.41) is 5.32. The average molecular weight is 301 g/mol. The molecule has 108 valence electrons. The van der Waals surface area contributed by atoms with Crippen molar-refractivity contribution in [1.29, 1.82) is 0 Å². The van der Waals surface area contributed by atoms with Crippen LogP contribution in [0, 0.1) is 6.92 Å². The highest BCUT2D eigenvalue weighted by molar-refractivity contribution is 7.98. The fourth-order valence-electron chi connectivity index (χ4n) is 2.16. The number of aryl methyl sites for hydroxylation is 1. The Hall–Kier alpha value is -2.08. The summed E-state index contributed by atoms with van der Waals surface area (Å²) in [6, 6.07) is 9.31. The van der Waals surface area contributed by atoms with Crippen LogP contribution in [-0.2, 0) is 12.3 Å². The summed E-state index contributed by atoms with van der Waals surface area (Å²) in [7, 11) is 0. The molecule has 0 fully saturated rings. The van der Waals surface area contributed by atoms with Gasteiger partial charge < -0.3 is 4.52 Å². The van der Waals surface area contributed by atoms with Crippen molar-refractivity contribution in [1.82, 2.24) is 14.7 Å². The molecule has 0 N–H and O–H groups in total. The van der Waals surface area contributed by atoms with E-state index in [1.807, 2.05) is 44.2 Å². The summed E-state index contributed by atoms with van der Waals surface area (Å²) in [6.07, 6.45) is 0. The molecule has 0 aliphatic heterocycles. The number of para-hydroxylation sites is 1. The van der Waals surface area contributed by atoms with Crippen LogP contribution in [0.15, 0.2) is 44.8 Å². The Labute approximate surface area is 126 Å². The van der Waals surface area contributed by atoms with Crippen LogP contribution in [0.4, 0.5) is 0 Å². The van der Waals surface area contributed by atoms with Crippen molar-refractivity contribution in [3.63, 3.8) is 0 Å². The molecule has 0 spiro atoms. The van der Waals surface area contributed by atoms with Crippen molar-refractivity contribution in [2.75, 3.05) is 0 Å². The van der Waals surface area contributed by atoms with Gasteiger partial charge in [0.25, 0.3) is 5.56 Å². The van der Waals surface area contributed by atoms with Crippen LogP contribution < -0.4 is 5.56 Å². The van der Waals surface area contributed by atoms with Crippen molar-refractivity contribution >= 4 is 22.7 Å². The molecule has 0 unspecified atom stereocenters. The molecule has 0 bridgehead atoms. The van der Waals surface area contributed by atoms with Gasteiger partial charge in [0.2, 0.25) is 0 Å². The first-order chi connectivity index (χ1) is 10.2. The van der Waals surface area contributed by atoms with Gasteiger partial charge in [0.1, 0.15) is 5.76 Å². The fraction of sp³-hybridized carbons (Fsp3) is 0.267. The molecule has 0 aliphatic carbocycles. The minimum atomic E-state index is 0.00179. The molecule has 5 nitrogen and oxygen atoms in total. The van der Waals surface area contributed by atoms with Crippen LogP contribution >= 0.6 is 11.8 Å². The van der Waals surface area contributed by atoms with Gasteiger partial charge in [-0.15, -0.1) is 0 Å². The number of hydrogen-bond acceptors (Lipinski definition) is 5. The second kappa shape index (κ2) is 5.73. The Morgan fingerprint density at radius 2 is 2.14 bits per heavy atom. The van der Waals surface area contributed by atoms with E-state index in [0.29, 0.717) is 22.8 Å². The molecule has 1 aromatic carbocycles. The molecule has 2 heterocycles.